The van der Waals surface area contributed by atoms with E-state index in [9.17, 15) is 9.59 Å². The largest absolute Gasteiger partial charge is 0.496 e. The van der Waals surface area contributed by atoms with Crippen LogP contribution in [0, 0.1) is 20.8 Å². The number of rotatable bonds is 5. The van der Waals surface area contributed by atoms with E-state index in [1.165, 1.54) is 23.8 Å². The van der Waals surface area contributed by atoms with Gasteiger partial charge in [0.1, 0.15) is 5.75 Å². The molecule has 0 saturated carbocycles. The number of allylic oxidation sites excluding steroid dienone is 2. The third-order valence-corrected chi connectivity index (χ3v) is 8.86. The standard InChI is InChI=1S/C34H31N3O3S/c1-19-11-14-26(15-12-19)36-20(2)17-25(22(36)4)18-29-33(39)37-32(30(23(5)38)21(3)35-34(37)41-29)31-27-10-8-7-9-24(27)13-16-28(31)40-6/h7-18,32H,1-6H3/b29-18-/t32-/m0/s1. The highest BCUT2D eigenvalue weighted by Crippen LogP contribution is 2.40. The molecular formula is C34H31N3O3S. The van der Waals surface area contributed by atoms with Crippen LogP contribution in [0.4, 0.5) is 0 Å². The van der Waals surface area contributed by atoms with Gasteiger partial charge in [-0.25, -0.2) is 4.99 Å². The average molecular weight is 562 g/mol. The van der Waals surface area contributed by atoms with Crippen molar-refractivity contribution >= 4 is 34.0 Å². The Labute approximate surface area is 242 Å². The molecule has 0 unspecified atom stereocenters. The zero-order chi connectivity index (χ0) is 29.0. The maximum Gasteiger partial charge on any atom is 0.271 e. The predicted molar refractivity (Wildman–Crippen MR) is 165 cm³/mol. The Morgan fingerprint density at radius 1 is 1.00 bits per heavy atom. The molecule has 6 nitrogen and oxygen atoms in total. The lowest BCUT2D eigenvalue weighted by atomic mass is 9.89. The fraction of sp³-hybridized carbons (Fsp3) is 0.206. The van der Waals surface area contributed by atoms with Crippen molar-refractivity contribution in [1.82, 2.24) is 9.13 Å². The molecule has 0 aliphatic carbocycles. The molecular weight excluding hydrogens is 530 g/mol. The van der Waals surface area contributed by atoms with Crippen LogP contribution in [0.5, 0.6) is 5.75 Å². The van der Waals surface area contributed by atoms with Crippen LogP contribution in [0.1, 0.15) is 48.0 Å². The van der Waals surface area contributed by atoms with Crippen LogP contribution in [0.2, 0.25) is 0 Å². The van der Waals surface area contributed by atoms with Gasteiger partial charge in [0.25, 0.3) is 5.56 Å². The van der Waals surface area contributed by atoms with Gasteiger partial charge in [0, 0.05) is 33.9 Å². The molecule has 1 atom stereocenters. The Balaban J connectivity index is 1.60. The number of fused-ring (bicyclic) bond motifs is 2. The molecule has 0 radical (unpaired) electrons. The fourth-order valence-electron chi connectivity index (χ4n) is 5.95. The Kier molecular flexibility index (Phi) is 6.62. The lowest BCUT2D eigenvalue weighted by Gasteiger charge is -2.27. The minimum Gasteiger partial charge on any atom is -0.496 e. The smallest absolute Gasteiger partial charge is 0.271 e. The van der Waals surface area contributed by atoms with E-state index in [0.29, 0.717) is 26.4 Å². The van der Waals surface area contributed by atoms with Gasteiger partial charge < -0.3 is 9.30 Å². The van der Waals surface area contributed by atoms with Crippen LogP contribution in [-0.4, -0.2) is 22.0 Å². The summed E-state index contributed by atoms with van der Waals surface area (Å²) in [5.41, 5.74) is 7.10. The van der Waals surface area contributed by atoms with E-state index in [-0.39, 0.29) is 11.3 Å². The van der Waals surface area contributed by atoms with Crippen molar-refractivity contribution in [2.75, 3.05) is 7.11 Å². The number of Topliss-reactive ketones (excluding diaryl/α,β-unsaturated/α-hetero) is 1. The number of hydrogen-bond acceptors (Lipinski definition) is 5. The van der Waals surface area contributed by atoms with Crippen LogP contribution >= 0.6 is 11.3 Å². The molecule has 1 aliphatic heterocycles. The molecule has 0 amide bonds. The summed E-state index contributed by atoms with van der Waals surface area (Å²) >= 11 is 1.35. The number of hydrogen-bond donors (Lipinski definition) is 0. The van der Waals surface area contributed by atoms with Gasteiger partial charge in [0.15, 0.2) is 10.6 Å². The Morgan fingerprint density at radius 2 is 1.73 bits per heavy atom. The number of ether oxygens (including phenoxy) is 1. The number of ketones is 1. The van der Waals surface area contributed by atoms with Gasteiger partial charge in [-0.15, -0.1) is 0 Å². The number of aromatic nitrogens is 2. The van der Waals surface area contributed by atoms with Crippen LogP contribution < -0.4 is 19.6 Å². The highest BCUT2D eigenvalue weighted by molar-refractivity contribution is 7.07. The Bertz CT molecular complexity index is 2070. The number of aryl methyl sites for hydroxylation is 2. The second kappa shape index (κ2) is 10.2. The van der Waals surface area contributed by atoms with E-state index >= 15 is 0 Å². The van der Waals surface area contributed by atoms with E-state index in [1.807, 2.05) is 49.4 Å². The normalized spacial score (nSPS) is 15.3. The van der Waals surface area contributed by atoms with Crippen LogP contribution in [0.3, 0.4) is 0 Å². The first-order valence-electron chi connectivity index (χ1n) is 13.5. The molecule has 0 saturated heterocycles. The molecule has 5 aromatic rings. The molecule has 1 aliphatic rings. The van der Waals surface area contributed by atoms with Crippen molar-refractivity contribution in [3.63, 3.8) is 0 Å². The fourth-order valence-corrected chi connectivity index (χ4v) is 6.98. The van der Waals surface area contributed by atoms with Gasteiger partial charge in [-0.3, -0.25) is 14.2 Å². The minimum atomic E-state index is -0.660. The van der Waals surface area contributed by atoms with Gasteiger partial charge in [-0.1, -0.05) is 59.4 Å². The molecule has 0 fully saturated rings. The predicted octanol–water partition coefficient (Wildman–Crippen LogP) is 5.70. The SMILES string of the molecule is COc1ccc2ccccc2c1[C@@H]1C(C(C)=O)=C(C)N=c2s/c(=C\c3cc(C)n(-c4ccc(C)cc4)c3C)c(=O)n21. The summed E-state index contributed by atoms with van der Waals surface area (Å²) in [5, 5.41) is 1.94. The van der Waals surface area contributed by atoms with Crippen LogP contribution in [-0.2, 0) is 4.79 Å². The minimum absolute atomic E-state index is 0.123. The van der Waals surface area contributed by atoms with Crippen molar-refractivity contribution < 1.29 is 9.53 Å². The summed E-state index contributed by atoms with van der Waals surface area (Å²) in [7, 11) is 1.62. The first kappa shape index (κ1) is 26.7. The maximum absolute atomic E-state index is 14.2. The number of thiazole rings is 1. The van der Waals surface area contributed by atoms with E-state index in [2.05, 4.69) is 55.7 Å². The van der Waals surface area contributed by atoms with Gasteiger partial charge in [0.05, 0.1) is 17.7 Å². The number of carbonyl (C=O) groups is 1. The van der Waals surface area contributed by atoms with Gasteiger partial charge in [-0.05, 0) is 81.3 Å². The van der Waals surface area contributed by atoms with E-state index < -0.39 is 6.04 Å². The third-order valence-electron chi connectivity index (χ3n) is 7.87. The van der Waals surface area contributed by atoms with Crippen molar-refractivity contribution in [2.24, 2.45) is 4.99 Å². The first-order chi connectivity index (χ1) is 19.7. The third kappa shape index (κ3) is 4.37. The van der Waals surface area contributed by atoms with Crippen LogP contribution in [0.15, 0.2) is 87.8 Å². The van der Waals surface area contributed by atoms with Gasteiger partial charge in [0.2, 0.25) is 0 Å². The summed E-state index contributed by atoms with van der Waals surface area (Å²) in [4.78, 5) is 32.7. The zero-order valence-corrected chi connectivity index (χ0v) is 24.8. The average Bonchev–Trinajstić information content (AvgIpc) is 3.41. The molecule has 6 rings (SSSR count). The topological polar surface area (TPSA) is 65.6 Å². The molecule has 0 spiro atoms. The summed E-state index contributed by atoms with van der Waals surface area (Å²) in [6, 6.07) is 21.7. The monoisotopic (exact) mass is 561 g/mol. The maximum atomic E-state index is 14.2. The molecule has 41 heavy (non-hydrogen) atoms. The Morgan fingerprint density at radius 3 is 2.44 bits per heavy atom. The van der Waals surface area contributed by atoms with E-state index in [4.69, 9.17) is 9.73 Å². The lowest BCUT2D eigenvalue weighted by molar-refractivity contribution is -0.114. The molecule has 0 bridgehead atoms. The summed E-state index contributed by atoms with van der Waals surface area (Å²) in [5.74, 6) is 0.500. The van der Waals surface area contributed by atoms with Crippen molar-refractivity contribution in [1.29, 1.82) is 0 Å². The first-order valence-corrected chi connectivity index (χ1v) is 14.4. The van der Waals surface area contributed by atoms with E-state index in [1.54, 1.807) is 11.7 Å². The lowest BCUT2D eigenvalue weighted by Crippen LogP contribution is -2.39. The molecule has 7 heteroatoms. The van der Waals surface area contributed by atoms with Gasteiger partial charge >= 0.3 is 0 Å². The Hall–Kier alpha value is -4.49. The molecule has 206 valence electrons. The second-order valence-electron chi connectivity index (χ2n) is 10.5. The molecule has 0 N–H and O–H groups in total. The summed E-state index contributed by atoms with van der Waals surface area (Å²) in [6.45, 7) is 9.59. The zero-order valence-electron chi connectivity index (χ0n) is 24.0. The number of benzene rings is 3. The van der Waals surface area contributed by atoms with E-state index in [0.717, 1.165) is 39.0 Å². The summed E-state index contributed by atoms with van der Waals surface area (Å²) < 4.78 is 10.3. The second-order valence-corrected chi connectivity index (χ2v) is 11.5. The number of carbonyl (C=O) groups excluding carboxylic acids is 1. The molecule has 3 heterocycles. The van der Waals surface area contributed by atoms with Crippen LogP contribution in [0.25, 0.3) is 22.5 Å². The summed E-state index contributed by atoms with van der Waals surface area (Å²) in [6.07, 6.45) is 1.95. The molecule has 3 aromatic carbocycles. The highest BCUT2D eigenvalue weighted by Gasteiger charge is 2.33. The number of nitrogens with zero attached hydrogens (tertiary/aromatic N) is 3. The van der Waals surface area contributed by atoms with Crippen molar-refractivity contribution in [3.8, 4) is 11.4 Å². The quantitative estimate of drug-likeness (QED) is 0.277. The molecule has 2 aromatic heterocycles. The highest BCUT2D eigenvalue weighted by atomic mass is 32.1. The van der Waals surface area contributed by atoms with Crippen molar-refractivity contribution in [3.05, 3.63) is 126 Å². The van der Waals surface area contributed by atoms with Crippen molar-refractivity contribution in [2.45, 2.75) is 40.7 Å². The van der Waals surface area contributed by atoms with Gasteiger partial charge in [-0.2, -0.15) is 0 Å². The number of methoxy groups -OCH3 is 1.